The third kappa shape index (κ3) is 2.29. The zero-order chi connectivity index (χ0) is 9.97. The molecule has 2 fully saturated rings. The Morgan fingerprint density at radius 1 is 0.929 bits per heavy atom. The third-order valence-electron chi connectivity index (χ3n) is 4.02. The quantitative estimate of drug-likeness (QED) is 0.710. The van der Waals surface area contributed by atoms with Crippen LogP contribution in [0.25, 0.3) is 0 Å². The first-order valence-corrected chi connectivity index (χ1v) is 6.21. The van der Waals surface area contributed by atoms with Crippen LogP contribution in [0.15, 0.2) is 0 Å². The molecular formula is C12H23NO. The fourth-order valence-corrected chi connectivity index (χ4v) is 2.97. The first-order valence-electron chi connectivity index (χ1n) is 6.21. The summed E-state index contributed by atoms with van der Waals surface area (Å²) in [4.78, 5) is 0. The lowest BCUT2D eigenvalue weighted by Crippen LogP contribution is -2.47. The first kappa shape index (κ1) is 10.4. The van der Waals surface area contributed by atoms with Gasteiger partial charge in [-0.15, -0.1) is 0 Å². The molecular weight excluding hydrogens is 174 g/mol. The van der Waals surface area contributed by atoms with Crippen molar-refractivity contribution in [2.75, 3.05) is 0 Å². The molecule has 82 valence electrons. The average Bonchev–Trinajstić information content (AvgIpc) is 2.56. The van der Waals surface area contributed by atoms with Crippen LogP contribution in [0.2, 0.25) is 0 Å². The summed E-state index contributed by atoms with van der Waals surface area (Å²) >= 11 is 0. The van der Waals surface area contributed by atoms with Crippen LogP contribution in [0.4, 0.5) is 0 Å². The highest BCUT2D eigenvalue weighted by Gasteiger charge is 2.29. The van der Waals surface area contributed by atoms with E-state index in [1.54, 1.807) is 0 Å². The van der Waals surface area contributed by atoms with Crippen molar-refractivity contribution in [2.24, 2.45) is 5.92 Å². The second kappa shape index (κ2) is 4.63. The molecule has 2 heteroatoms. The van der Waals surface area contributed by atoms with E-state index < -0.39 is 0 Å². The van der Waals surface area contributed by atoms with Crippen molar-refractivity contribution in [3.05, 3.63) is 0 Å². The molecule has 14 heavy (non-hydrogen) atoms. The minimum atomic E-state index is -0.0865. The van der Waals surface area contributed by atoms with Gasteiger partial charge in [0.05, 0.1) is 6.10 Å². The predicted octanol–water partition coefficient (Wildman–Crippen LogP) is 2.07. The van der Waals surface area contributed by atoms with Gasteiger partial charge in [0.15, 0.2) is 0 Å². The third-order valence-corrected chi connectivity index (χ3v) is 4.02. The lowest BCUT2D eigenvalue weighted by molar-refractivity contribution is 0.0823. The van der Waals surface area contributed by atoms with E-state index in [1.165, 1.54) is 38.5 Å². The van der Waals surface area contributed by atoms with Crippen molar-refractivity contribution in [3.8, 4) is 0 Å². The average molecular weight is 197 g/mol. The van der Waals surface area contributed by atoms with Gasteiger partial charge < -0.3 is 10.4 Å². The van der Waals surface area contributed by atoms with Crippen molar-refractivity contribution >= 4 is 0 Å². The van der Waals surface area contributed by atoms with E-state index in [9.17, 15) is 5.11 Å². The van der Waals surface area contributed by atoms with E-state index >= 15 is 0 Å². The van der Waals surface area contributed by atoms with E-state index in [4.69, 9.17) is 0 Å². The fraction of sp³-hybridized carbons (Fsp3) is 1.00. The summed E-state index contributed by atoms with van der Waals surface area (Å²) in [6.45, 7) is 2.33. The van der Waals surface area contributed by atoms with Crippen molar-refractivity contribution in [1.82, 2.24) is 5.32 Å². The Hall–Kier alpha value is -0.0800. The SMILES string of the molecule is CC1CCCC1N[C@@H]1CCCC[C@H]1O. The summed E-state index contributed by atoms with van der Waals surface area (Å²) in [5, 5.41) is 13.5. The standard InChI is InChI=1S/C12H23NO/c1-9-5-4-7-10(9)13-11-6-2-3-8-12(11)14/h9-14H,2-8H2,1H3/t9?,10?,11-,12-/m1/s1. The molecule has 4 atom stereocenters. The summed E-state index contributed by atoms with van der Waals surface area (Å²) in [5.74, 6) is 0.809. The van der Waals surface area contributed by atoms with Gasteiger partial charge in [-0.1, -0.05) is 26.2 Å². The zero-order valence-corrected chi connectivity index (χ0v) is 9.21. The topological polar surface area (TPSA) is 32.3 Å². The minimum absolute atomic E-state index is 0.0865. The minimum Gasteiger partial charge on any atom is -0.392 e. The summed E-state index contributed by atoms with van der Waals surface area (Å²) in [7, 11) is 0. The molecule has 0 radical (unpaired) electrons. The molecule has 0 bridgehead atoms. The lowest BCUT2D eigenvalue weighted by atomic mass is 9.91. The van der Waals surface area contributed by atoms with Crippen molar-refractivity contribution in [3.63, 3.8) is 0 Å². The van der Waals surface area contributed by atoms with Crippen LogP contribution < -0.4 is 5.32 Å². The number of nitrogens with one attached hydrogen (secondary N) is 1. The van der Waals surface area contributed by atoms with E-state index in [0.717, 1.165) is 12.3 Å². The Morgan fingerprint density at radius 2 is 1.64 bits per heavy atom. The maximum atomic E-state index is 9.85. The normalized spacial score (nSPS) is 44.1. The van der Waals surface area contributed by atoms with Crippen LogP contribution >= 0.6 is 0 Å². The number of aliphatic hydroxyl groups is 1. The number of hydrogen-bond donors (Lipinski definition) is 2. The van der Waals surface area contributed by atoms with E-state index in [2.05, 4.69) is 12.2 Å². The first-order chi connectivity index (χ1) is 6.77. The smallest absolute Gasteiger partial charge is 0.0693 e. The van der Waals surface area contributed by atoms with Crippen LogP contribution in [-0.2, 0) is 0 Å². The highest BCUT2D eigenvalue weighted by molar-refractivity contribution is 4.88. The van der Waals surface area contributed by atoms with Gasteiger partial charge >= 0.3 is 0 Å². The molecule has 2 nitrogen and oxygen atoms in total. The van der Waals surface area contributed by atoms with Crippen LogP contribution in [0.3, 0.4) is 0 Å². The van der Waals surface area contributed by atoms with Gasteiger partial charge in [0, 0.05) is 12.1 Å². The Bertz CT molecular complexity index is 183. The van der Waals surface area contributed by atoms with Crippen molar-refractivity contribution in [1.29, 1.82) is 0 Å². The Balaban J connectivity index is 1.83. The number of rotatable bonds is 2. The molecule has 2 rings (SSSR count). The molecule has 2 saturated carbocycles. The number of hydrogen-bond acceptors (Lipinski definition) is 2. The van der Waals surface area contributed by atoms with Crippen LogP contribution in [0.1, 0.15) is 51.9 Å². The van der Waals surface area contributed by atoms with Gasteiger partial charge in [-0.2, -0.15) is 0 Å². The molecule has 0 saturated heterocycles. The molecule has 0 aromatic rings. The van der Waals surface area contributed by atoms with E-state index in [0.29, 0.717) is 12.1 Å². The van der Waals surface area contributed by atoms with Gasteiger partial charge in [0.2, 0.25) is 0 Å². The van der Waals surface area contributed by atoms with Crippen molar-refractivity contribution < 1.29 is 5.11 Å². The maximum Gasteiger partial charge on any atom is 0.0693 e. The van der Waals surface area contributed by atoms with Gasteiger partial charge in [-0.05, 0) is 31.6 Å². The molecule has 0 aliphatic heterocycles. The molecule has 0 aromatic heterocycles. The summed E-state index contributed by atoms with van der Waals surface area (Å²) < 4.78 is 0. The molecule has 0 aromatic carbocycles. The van der Waals surface area contributed by atoms with Crippen LogP contribution in [-0.4, -0.2) is 23.3 Å². The summed E-state index contributed by atoms with van der Waals surface area (Å²) in [6.07, 6.45) is 8.61. The summed E-state index contributed by atoms with van der Waals surface area (Å²) in [6, 6.07) is 1.06. The van der Waals surface area contributed by atoms with Gasteiger partial charge in [-0.3, -0.25) is 0 Å². The van der Waals surface area contributed by atoms with E-state index in [1.807, 2.05) is 0 Å². The molecule has 2 aliphatic rings. The van der Waals surface area contributed by atoms with Gasteiger partial charge in [0.25, 0.3) is 0 Å². The molecule has 0 heterocycles. The summed E-state index contributed by atoms with van der Waals surface area (Å²) in [5.41, 5.74) is 0. The molecule has 0 amide bonds. The highest BCUT2D eigenvalue weighted by Crippen LogP contribution is 2.27. The van der Waals surface area contributed by atoms with Crippen molar-refractivity contribution in [2.45, 2.75) is 70.1 Å². The maximum absolute atomic E-state index is 9.85. The number of aliphatic hydroxyl groups excluding tert-OH is 1. The lowest BCUT2D eigenvalue weighted by Gasteiger charge is -2.32. The van der Waals surface area contributed by atoms with Gasteiger partial charge in [-0.25, -0.2) is 0 Å². The Kier molecular flexibility index (Phi) is 3.45. The van der Waals surface area contributed by atoms with Crippen LogP contribution in [0.5, 0.6) is 0 Å². The van der Waals surface area contributed by atoms with Crippen LogP contribution in [0, 0.1) is 5.92 Å². The van der Waals surface area contributed by atoms with Gasteiger partial charge in [0.1, 0.15) is 0 Å². The second-order valence-corrected chi connectivity index (χ2v) is 5.14. The second-order valence-electron chi connectivity index (χ2n) is 5.14. The van der Waals surface area contributed by atoms with E-state index in [-0.39, 0.29) is 6.10 Å². The molecule has 2 unspecified atom stereocenters. The Morgan fingerprint density at radius 3 is 2.29 bits per heavy atom. The Labute approximate surface area is 87.1 Å². The highest BCUT2D eigenvalue weighted by atomic mass is 16.3. The largest absolute Gasteiger partial charge is 0.392 e. The monoisotopic (exact) mass is 197 g/mol. The predicted molar refractivity (Wildman–Crippen MR) is 58.2 cm³/mol. The zero-order valence-electron chi connectivity index (χ0n) is 9.21. The molecule has 0 spiro atoms. The fourth-order valence-electron chi connectivity index (χ4n) is 2.97. The molecule has 2 aliphatic carbocycles. The molecule has 2 N–H and O–H groups in total.